The Balaban J connectivity index is 2.59. The van der Waals surface area contributed by atoms with E-state index in [1.54, 1.807) is 11.8 Å². The lowest BCUT2D eigenvalue weighted by molar-refractivity contribution is 0.945. The largest absolute Gasteiger partial charge is 0.262 e. The average molecular weight is 157 g/mol. The third-order valence-corrected chi connectivity index (χ3v) is 1.74. The molecule has 4 heteroatoms. The topological polar surface area (TPSA) is 41.6 Å². The Labute approximate surface area is 64.6 Å². The summed E-state index contributed by atoms with van der Waals surface area (Å²) in [6.45, 7) is 2.05. The van der Waals surface area contributed by atoms with E-state index in [-0.39, 0.29) is 0 Å². The van der Waals surface area contributed by atoms with E-state index in [0.717, 1.165) is 23.8 Å². The van der Waals surface area contributed by atoms with Crippen LogP contribution in [-0.2, 0) is 12.2 Å². The van der Waals surface area contributed by atoms with Crippen molar-refractivity contribution in [3.63, 3.8) is 0 Å². The zero-order chi connectivity index (χ0) is 7.40. The predicted octanol–water partition coefficient (Wildman–Crippen LogP) is 1.23. The normalized spacial score (nSPS) is 10.2. The van der Waals surface area contributed by atoms with Crippen molar-refractivity contribution in [2.45, 2.75) is 19.1 Å². The van der Waals surface area contributed by atoms with Gasteiger partial charge in [-0.1, -0.05) is 6.92 Å². The van der Waals surface area contributed by atoms with Gasteiger partial charge in [-0.3, -0.25) is 5.10 Å². The van der Waals surface area contributed by atoms with Crippen LogP contribution in [-0.4, -0.2) is 21.4 Å². The molecule has 56 valence electrons. The molecule has 1 aromatic heterocycles. The van der Waals surface area contributed by atoms with Gasteiger partial charge < -0.3 is 0 Å². The van der Waals surface area contributed by atoms with Crippen molar-refractivity contribution in [1.82, 2.24) is 15.2 Å². The molecule has 0 amide bonds. The third kappa shape index (κ3) is 1.73. The van der Waals surface area contributed by atoms with Crippen molar-refractivity contribution in [3.05, 3.63) is 11.6 Å². The van der Waals surface area contributed by atoms with Crippen LogP contribution in [0.25, 0.3) is 0 Å². The highest BCUT2D eigenvalue weighted by Crippen LogP contribution is 2.02. The van der Waals surface area contributed by atoms with E-state index < -0.39 is 0 Å². The van der Waals surface area contributed by atoms with Crippen molar-refractivity contribution in [2.24, 2.45) is 0 Å². The first-order valence-electron chi connectivity index (χ1n) is 3.26. The second-order valence-electron chi connectivity index (χ2n) is 1.98. The molecule has 0 radical (unpaired) electrons. The summed E-state index contributed by atoms with van der Waals surface area (Å²) in [6, 6.07) is 0. The molecular weight excluding hydrogens is 146 g/mol. The standard InChI is InChI=1S/C6H11N3S/c1-3-5-7-6(4-10-2)9-8-5/h3-4H2,1-2H3,(H,7,8,9). The first-order chi connectivity index (χ1) is 4.86. The number of nitrogens with one attached hydrogen (secondary N) is 1. The Morgan fingerprint density at radius 3 is 2.90 bits per heavy atom. The Hall–Kier alpha value is -0.510. The van der Waals surface area contributed by atoms with Crippen LogP contribution >= 0.6 is 11.8 Å². The average Bonchev–Trinajstić information content (AvgIpc) is 2.37. The number of aromatic amines is 1. The molecule has 0 spiro atoms. The van der Waals surface area contributed by atoms with E-state index in [4.69, 9.17) is 0 Å². The van der Waals surface area contributed by atoms with E-state index >= 15 is 0 Å². The Morgan fingerprint density at radius 1 is 1.60 bits per heavy atom. The molecule has 3 nitrogen and oxygen atoms in total. The summed E-state index contributed by atoms with van der Waals surface area (Å²) in [6.07, 6.45) is 2.96. The van der Waals surface area contributed by atoms with E-state index in [2.05, 4.69) is 15.2 Å². The molecule has 1 N–H and O–H groups in total. The highest BCUT2D eigenvalue weighted by atomic mass is 32.2. The molecule has 0 aliphatic heterocycles. The Bertz CT molecular complexity index is 197. The second-order valence-corrected chi connectivity index (χ2v) is 2.85. The highest BCUT2D eigenvalue weighted by Gasteiger charge is 1.97. The molecule has 1 heterocycles. The van der Waals surface area contributed by atoms with Crippen molar-refractivity contribution in [3.8, 4) is 0 Å². The molecule has 1 rings (SSSR count). The van der Waals surface area contributed by atoms with Crippen LogP contribution in [0.15, 0.2) is 0 Å². The second kappa shape index (κ2) is 3.61. The van der Waals surface area contributed by atoms with Gasteiger partial charge in [-0.15, -0.1) is 0 Å². The lowest BCUT2D eigenvalue weighted by atomic mass is 10.5. The molecule has 0 saturated heterocycles. The smallest absolute Gasteiger partial charge is 0.150 e. The maximum absolute atomic E-state index is 4.23. The number of aryl methyl sites for hydroxylation is 1. The fraction of sp³-hybridized carbons (Fsp3) is 0.667. The summed E-state index contributed by atoms with van der Waals surface area (Å²) in [4.78, 5) is 4.23. The first kappa shape index (κ1) is 7.60. The lowest BCUT2D eigenvalue weighted by Gasteiger charge is -1.85. The quantitative estimate of drug-likeness (QED) is 0.717. The zero-order valence-corrected chi connectivity index (χ0v) is 7.03. The lowest BCUT2D eigenvalue weighted by Crippen LogP contribution is -1.83. The number of rotatable bonds is 3. The summed E-state index contributed by atoms with van der Waals surface area (Å²) < 4.78 is 0. The van der Waals surface area contributed by atoms with Gasteiger partial charge >= 0.3 is 0 Å². The highest BCUT2D eigenvalue weighted by molar-refractivity contribution is 7.97. The number of H-pyrrole nitrogens is 1. The molecule has 0 fully saturated rings. The van der Waals surface area contributed by atoms with Crippen LogP contribution in [0, 0.1) is 0 Å². The first-order valence-corrected chi connectivity index (χ1v) is 4.65. The minimum Gasteiger partial charge on any atom is -0.262 e. The molecular formula is C6H11N3S. The summed E-state index contributed by atoms with van der Waals surface area (Å²) in [5, 5.41) is 6.88. The van der Waals surface area contributed by atoms with Gasteiger partial charge in [-0.05, 0) is 6.26 Å². The van der Waals surface area contributed by atoms with Gasteiger partial charge in [0.15, 0.2) is 0 Å². The Morgan fingerprint density at radius 2 is 2.40 bits per heavy atom. The van der Waals surface area contributed by atoms with E-state index in [9.17, 15) is 0 Å². The molecule has 0 aliphatic carbocycles. The summed E-state index contributed by atoms with van der Waals surface area (Å²) in [5.74, 6) is 2.81. The van der Waals surface area contributed by atoms with Crippen molar-refractivity contribution < 1.29 is 0 Å². The predicted molar refractivity (Wildman–Crippen MR) is 43.0 cm³/mol. The SMILES string of the molecule is CCc1n[nH]c(CSC)n1. The van der Waals surface area contributed by atoms with Gasteiger partial charge in [0, 0.05) is 6.42 Å². The van der Waals surface area contributed by atoms with Gasteiger partial charge in [0.05, 0.1) is 5.75 Å². The van der Waals surface area contributed by atoms with Crippen molar-refractivity contribution >= 4 is 11.8 Å². The fourth-order valence-electron chi connectivity index (χ4n) is 0.694. The molecule has 0 unspecified atom stereocenters. The van der Waals surface area contributed by atoms with Crippen LogP contribution < -0.4 is 0 Å². The van der Waals surface area contributed by atoms with Crippen LogP contribution in [0.5, 0.6) is 0 Å². The van der Waals surface area contributed by atoms with Crippen LogP contribution in [0.4, 0.5) is 0 Å². The number of aromatic nitrogens is 3. The van der Waals surface area contributed by atoms with Gasteiger partial charge in [0.2, 0.25) is 0 Å². The molecule has 0 bridgehead atoms. The van der Waals surface area contributed by atoms with Gasteiger partial charge in [0.25, 0.3) is 0 Å². The fourth-order valence-corrected chi connectivity index (χ4v) is 1.10. The molecule has 0 saturated carbocycles. The zero-order valence-electron chi connectivity index (χ0n) is 6.22. The van der Waals surface area contributed by atoms with E-state index in [1.807, 2.05) is 13.2 Å². The van der Waals surface area contributed by atoms with E-state index in [1.165, 1.54) is 0 Å². The molecule has 0 aromatic carbocycles. The number of thioether (sulfide) groups is 1. The van der Waals surface area contributed by atoms with Crippen molar-refractivity contribution in [1.29, 1.82) is 0 Å². The summed E-state index contributed by atoms with van der Waals surface area (Å²) in [7, 11) is 0. The number of nitrogens with zero attached hydrogens (tertiary/aromatic N) is 2. The van der Waals surface area contributed by atoms with Gasteiger partial charge in [-0.25, -0.2) is 4.98 Å². The number of hydrogen-bond donors (Lipinski definition) is 1. The maximum atomic E-state index is 4.23. The molecule has 1 aromatic rings. The van der Waals surface area contributed by atoms with Gasteiger partial charge in [0.1, 0.15) is 11.6 Å². The molecule has 10 heavy (non-hydrogen) atoms. The summed E-state index contributed by atoms with van der Waals surface area (Å²) >= 11 is 1.74. The van der Waals surface area contributed by atoms with Gasteiger partial charge in [-0.2, -0.15) is 16.9 Å². The van der Waals surface area contributed by atoms with Crippen LogP contribution in [0.2, 0.25) is 0 Å². The minimum atomic E-state index is 0.907. The molecule has 0 aliphatic rings. The number of hydrogen-bond acceptors (Lipinski definition) is 3. The third-order valence-electron chi connectivity index (χ3n) is 1.18. The van der Waals surface area contributed by atoms with Crippen LogP contribution in [0.3, 0.4) is 0 Å². The Kier molecular flexibility index (Phi) is 2.74. The minimum absolute atomic E-state index is 0.907. The van der Waals surface area contributed by atoms with Crippen molar-refractivity contribution in [2.75, 3.05) is 6.26 Å². The van der Waals surface area contributed by atoms with Crippen LogP contribution in [0.1, 0.15) is 18.6 Å². The molecule has 0 atom stereocenters. The summed E-state index contributed by atoms with van der Waals surface area (Å²) in [5.41, 5.74) is 0. The van der Waals surface area contributed by atoms with E-state index in [0.29, 0.717) is 0 Å². The monoisotopic (exact) mass is 157 g/mol. The maximum Gasteiger partial charge on any atom is 0.150 e.